The molecule has 0 aromatic carbocycles. The van der Waals surface area contributed by atoms with Crippen molar-refractivity contribution < 1.29 is 9.32 Å². The molecule has 0 spiro atoms. The van der Waals surface area contributed by atoms with Crippen LogP contribution in [0, 0.1) is 0 Å². The number of carbonyl (C=O) groups is 1. The fraction of sp³-hybridized carbons (Fsp3) is 0.125. The molecule has 0 bridgehead atoms. The van der Waals surface area contributed by atoms with E-state index in [1.807, 2.05) is 5.38 Å². The summed E-state index contributed by atoms with van der Waals surface area (Å²) in [5, 5.41) is 8.34. The summed E-state index contributed by atoms with van der Waals surface area (Å²) in [6, 6.07) is 1.77. The molecule has 0 saturated heterocycles. The van der Waals surface area contributed by atoms with Crippen molar-refractivity contribution in [2.75, 3.05) is 12.8 Å². The number of aromatic nitrogens is 2. The quantitative estimate of drug-likeness (QED) is 0.784. The van der Waals surface area contributed by atoms with E-state index in [9.17, 15) is 4.79 Å². The second kappa shape index (κ2) is 3.70. The van der Waals surface area contributed by atoms with E-state index in [1.165, 1.54) is 18.4 Å². The molecule has 0 aliphatic carbocycles. The highest BCUT2D eigenvalue weighted by molar-refractivity contribution is 7.14. The van der Waals surface area contributed by atoms with Crippen LogP contribution < -0.4 is 11.1 Å². The first-order chi connectivity index (χ1) is 7.22. The number of hydrogen-bond donors (Lipinski definition) is 2. The molecule has 0 radical (unpaired) electrons. The van der Waals surface area contributed by atoms with Crippen molar-refractivity contribution in [1.29, 1.82) is 0 Å². The first-order valence-electron chi connectivity index (χ1n) is 4.11. The molecule has 2 aromatic rings. The van der Waals surface area contributed by atoms with Crippen molar-refractivity contribution in [3.8, 4) is 11.5 Å². The van der Waals surface area contributed by atoms with Gasteiger partial charge in [0, 0.05) is 7.05 Å². The van der Waals surface area contributed by atoms with Crippen LogP contribution in [-0.2, 0) is 0 Å². The van der Waals surface area contributed by atoms with Gasteiger partial charge in [-0.25, -0.2) is 0 Å². The van der Waals surface area contributed by atoms with E-state index in [2.05, 4.69) is 15.5 Å². The van der Waals surface area contributed by atoms with Gasteiger partial charge in [-0.15, -0.1) is 11.3 Å². The fourth-order valence-corrected chi connectivity index (χ4v) is 1.67. The number of rotatable bonds is 2. The van der Waals surface area contributed by atoms with Gasteiger partial charge in [0.15, 0.2) is 0 Å². The molecule has 15 heavy (non-hydrogen) atoms. The maximum atomic E-state index is 11.2. The lowest BCUT2D eigenvalue weighted by molar-refractivity contribution is 0.0950. The molecular formula is C8H8N4O2S. The van der Waals surface area contributed by atoms with Crippen molar-refractivity contribution in [2.45, 2.75) is 0 Å². The maximum absolute atomic E-state index is 11.2. The molecular weight excluding hydrogens is 216 g/mol. The van der Waals surface area contributed by atoms with Crippen LogP contribution in [0.2, 0.25) is 0 Å². The minimum absolute atomic E-state index is 0.00176. The second-order valence-corrected chi connectivity index (χ2v) is 3.65. The molecule has 0 atom stereocenters. The number of nitrogens with one attached hydrogen (secondary N) is 1. The van der Waals surface area contributed by atoms with Crippen LogP contribution in [0.3, 0.4) is 0 Å². The summed E-state index contributed by atoms with van der Waals surface area (Å²) in [7, 11) is 1.50. The Morgan fingerprint density at radius 2 is 2.47 bits per heavy atom. The summed E-state index contributed by atoms with van der Waals surface area (Å²) < 4.78 is 4.92. The Hall–Kier alpha value is -1.89. The van der Waals surface area contributed by atoms with Crippen LogP contribution in [0.4, 0.5) is 5.00 Å². The Bertz CT molecular complexity index is 490. The van der Waals surface area contributed by atoms with Crippen molar-refractivity contribution >= 4 is 22.2 Å². The maximum Gasteiger partial charge on any atom is 0.292 e. The number of amides is 1. The fourth-order valence-electron chi connectivity index (χ4n) is 1.03. The summed E-state index contributed by atoms with van der Waals surface area (Å²) in [6.45, 7) is 0. The Labute approximate surface area is 89.1 Å². The van der Waals surface area contributed by atoms with Crippen LogP contribution in [0.5, 0.6) is 0 Å². The van der Waals surface area contributed by atoms with Crippen LogP contribution in [0.1, 0.15) is 10.6 Å². The third kappa shape index (κ3) is 1.68. The van der Waals surface area contributed by atoms with Gasteiger partial charge in [-0.1, -0.05) is 5.16 Å². The van der Waals surface area contributed by atoms with Crippen LogP contribution >= 0.6 is 11.3 Å². The lowest BCUT2D eigenvalue weighted by Gasteiger charge is -1.89. The zero-order valence-corrected chi connectivity index (χ0v) is 8.67. The van der Waals surface area contributed by atoms with Gasteiger partial charge in [-0.05, 0) is 11.4 Å². The van der Waals surface area contributed by atoms with E-state index in [0.29, 0.717) is 10.6 Å². The van der Waals surface area contributed by atoms with Gasteiger partial charge in [0.2, 0.25) is 0 Å². The average molecular weight is 224 g/mol. The molecule has 2 aromatic heterocycles. The molecule has 3 N–H and O–H groups in total. The molecule has 7 heteroatoms. The van der Waals surface area contributed by atoms with Crippen molar-refractivity contribution in [1.82, 2.24) is 15.5 Å². The van der Waals surface area contributed by atoms with Crippen molar-refractivity contribution in [3.05, 3.63) is 17.3 Å². The summed E-state index contributed by atoms with van der Waals surface area (Å²) in [4.78, 5) is 15.1. The van der Waals surface area contributed by atoms with Gasteiger partial charge in [-0.2, -0.15) is 4.98 Å². The van der Waals surface area contributed by atoms with Crippen molar-refractivity contribution in [3.63, 3.8) is 0 Å². The Morgan fingerprint density at radius 3 is 3.07 bits per heavy atom. The first kappa shape index (κ1) is 9.66. The van der Waals surface area contributed by atoms with Gasteiger partial charge >= 0.3 is 0 Å². The third-order valence-corrected chi connectivity index (χ3v) is 2.53. The second-order valence-electron chi connectivity index (χ2n) is 2.70. The van der Waals surface area contributed by atoms with Gasteiger partial charge in [-0.3, -0.25) is 4.79 Å². The van der Waals surface area contributed by atoms with Gasteiger partial charge in [0.05, 0.1) is 10.6 Å². The SMILES string of the molecule is CNC(=O)c1noc(-c2ccsc2N)n1. The molecule has 6 nitrogen and oxygen atoms in total. The number of carbonyl (C=O) groups excluding carboxylic acids is 1. The number of nitrogens with two attached hydrogens (primary N) is 1. The molecule has 0 unspecified atom stereocenters. The number of thiophene rings is 1. The standard InChI is InChI=1S/C8H8N4O2S/c1-10-7(13)6-11-8(14-12-6)4-2-3-15-5(4)9/h2-3H,9H2,1H3,(H,10,13). The van der Waals surface area contributed by atoms with E-state index in [0.717, 1.165) is 0 Å². The van der Waals surface area contributed by atoms with E-state index in [1.54, 1.807) is 6.07 Å². The Kier molecular flexibility index (Phi) is 2.38. The molecule has 0 aliphatic rings. The molecule has 1 amide bonds. The largest absolute Gasteiger partial charge is 0.390 e. The van der Waals surface area contributed by atoms with E-state index in [4.69, 9.17) is 10.3 Å². The Balaban J connectivity index is 2.36. The minimum Gasteiger partial charge on any atom is -0.390 e. The summed E-state index contributed by atoms with van der Waals surface area (Å²) in [6.07, 6.45) is 0. The lowest BCUT2D eigenvalue weighted by atomic mass is 10.3. The van der Waals surface area contributed by atoms with Gasteiger partial charge in [0.25, 0.3) is 17.6 Å². The predicted molar refractivity (Wildman–Crippen MR) is 55.4 cm³/mol. The summed E-state index contributed by atoms with van der Waals surface area (Å²) >= 11 is 1.37. The molecule has 2 rings (SSSR count). The van der Waals surface area contributed by atoms with Gasteiger partial charge in [0.1, 0.15) is 0 Å². The highest BCUT2D eigenvalue weighted by Gasteiger charge is 2.16. The Morgan fingerprint density at radius 1 is 1.67 bits per heavy atom. The zero-order chi connectivity index (χ0) is 10.8. The van der Waals surface area contributed by atoms with Crippen LogP contribution in [-0.4, -0.2) is 23.1 Å². The topological polar surface area (TPSA) is 94.0 Å². The highest BCUT2D eigenvalue weighted by Crippen LogP contribution is 2.28. The van der Waals surface area contributed by atoms with E-state index in [-0.39, 0.29) is 17.6 Å². The smallest absolute Gasteiger partial charge is 0.292 e. The van der Waals surface area contributed by atoms with Gasteiger partial charge < -0.3 is 15.6 Å². The van der Waals surface area contributed by atoms with Crippen LogP contribution in [0.15, 0.2) is 16.0 Å². The minimum atomic E-state index is -0.390. The molecule has 0 saturated carbocycles. The molecule has 2 heterocycles. The van der Waals surface area contributed by atoms with E-state index < -0.39 is 0 Å². The summed E-state index contributed by atoms with van der Waals surface area (Å²) in [5.41, 5.74) is 6.34. The van der Waals surface area contributed by atoms with Crippen molar-refractivity contribution in [2.24, 2.45) is 0 Å². The van der Waals surface area contributed by atoms with E-state index >= 15 is 0 Å². The normalized spacial score (nSPS) is 10.2. The monoisotopic (exact) mass is 224 g/mol. The third-order valence-electron chi connectivity index (χ3n) is 1.78. The first-order valence-corrected chi connectivity index (χ1v) is 4.99. The average Bonchev–Trinajstić information content (AvgIpc) is 2.84. The predicted octanol–water partition coefficient (Wildman–Crippen LogP) is 0.740. The molecule has 78 valence electrons. The lowest BCUT2D eigenvalue weighted by Crippen LogP contribution is -2.19. The van der Waals surface area contributed by atoms with Crippen LogP contribution in [0.25, 0.3) is 11.5 Å². The number of hydrogen-bond acceptors (Lipinski definition) is 6. The number of nitrogen functional groups attached to an aromatic ring is 1. The number of nitrogens with zero attached hydrogens (tertiary/aromatic N) is 2. The highest BCUT2D eigenvalue weighted by atomic mass is 32.1. The molecule has 0 aliphatic heterocycles. The molecule has 0 fully saturated rings. The zero-order valence-electron chi connectivity index (χ0n) is 7.85. The number of anilines is 1. The summed E-state index contributed by atoms with van der Waals surface area (Å²) in [5.74, 6) is -0.135.